The summed E-state index contributed by atoms with van der Waals surface area (Å²) >= 11 is 3.12. The van der Waals surface area contributed by atoms with E-state index in [0.717, 1.165) is 41.5 Å². The Labute approximate surface area is 154 Å². The number of nitrogens with zero attached hydrogens (tertiary/aromatic N) is 2. The normalized spacial score (nSPS) is 14.4. The number of hydrogen-bond acceptors (Lipinski definition) is 6. The lowest BCUT2D eigenvalue weighted by atomic mass is 10.2. The van der Waals surface area contributed by atoms with Crippen LogP contribution >= 0.6 is 23.1 Å². The smallest absolute Gasteiger partial charge is 0.283 e. The van der Waals surface area contributed by atoms with E-state index >= 15 is 0 Å². The van der Waals surface area contributed by atoms with Crippen molar-refractivity contribution in [1.29, 1.82) is 0 Å². The van der Waals surface area contributed by atoms with E-state index in [9.17, 15) is 14.9 Å². The van der Waals surface area contributed by atoms with Gasteiger partial charge in [-0.05, 0) is 24.6 Å². The molecular formula is C17H19N3O3S2. The zero-order valence-corrected chi connectivity index (χ0v) is 15.5. The largest absolute Gasteiger partial charge is 0.370 e. The molecule has 2 aromatic rings. The van der Waals surface area contributed by atoms with Gasteiger partial charge >= 0.3 is 0 Å². The first kappa shape index (κ1) is 17.8. The standard InChI is InChI=1S/C17H19N3O3S2/c1-12-15(20(22)23)10-16(25-12)17(21)18-11-13-2-4-14(5-3-13)19-6-8-24-9-7-19/h2-5,10H,6-9,11H2,1H3,(H,18,21). The SMILES string of the molecule is Cc1sc(C(=O)NCc2ccc(N3CCSCC3)cc2)cc1[N+](=O)[O-]. The lowest BCUT2D eigenvalue weighted by Crippen LogP contribution is -2.32. The number of thiophene rings is 1. The number of rotatable bonds is 5. The number of hydrogen-bond donors (Lipinski definition) is 1. The molecule has 0 unspecified atom stereocenters. The number of nitro groups is 1. The molecule has 6 nitrogen and oxygen atoms in total. The molecule has 132 valence electrons. The van der Waals surface area contributed by atoms with Crippen molar-refractivity contribution in [2.24, 2.45) is 0 Å². The Morgan fingerprint density at radius 1 is 1.28 bits per heavy atom. The van der Waals surface area contributed by atoms with Crippen LogP contribution in [0.3, 0.4) is 0 Å². The zero-order chi connectivity index (χ0) is 17.8. The highest BCUT2D eigenvalue weighted by molar-refractivity contribution is 7.99. The van der Waals surface area contributed by atoms with Gasteiger partial charge in [-0.1, -0.05) is 12.1 Å². The molecule has 1 aliphatic rings. The molecule has 25 heavy (non-hydrogen) atoms. The minimum absolute atomic E-state index is 0.000743. The third-order valence-electron chi connectivity index (χ3n) is 4.08. The minimum atomic E-state index is -0.458. The molecule has 8 heteroatoms. The fourth-order valence-electron chi connectivity index (χ4n) is 2.68. The third-order valence-corrected chi connectivity index (χ3v) is 6.06. The van der Waals surface area contributed by atoms with Crippen LogP contribution in [0, 0.1) is 17.0 Å². The molecule has 0 saturated carbocycles. The van der Waals surface area contributed by atoms with Crippen molar-refractivity contribution >= 4 is 40.4 Å². The lowest BCUT2D eigenvalue weighted by Gasteiger charge is -2.28. The first-order valence-corrected chi connectivity index (χ1v) is 9.96. The Morgan fingerprint density at radius 3 is 2.56 bits per heavy atom. The van der Waals surface area contributed by atoms with E-state index in [2.05, 4.69) is 22.3 Å². The number of thioether (sulfide) groups is 1. The number of anilines is 1. The van der Waals surface area contributed by atoms with Crippen molar-refractivity contribution in [3.8, 4) is 0 Å². The first-order valence-electron chi connectivity index (χ1n) is 7.99. The van der Waals surface area contributed by atoms with Gasteiger partial charge in [0.1, 0.15) is 0 Å². The third kappa shape index (κ3) is 4.32. The van der Waals surface area contributed by atoms with E-state index in [-0.39, 0.29) is 11.6 Å². The number of carbonyl (C=O) groups is 1. The van der Waals surface area contributed by atoms with E-state index in [0.29, 0.717) is 16.3 Å². The van der Waals surface area contributed by atoms with Gasteiger partial charge in [0.25, 0.3) is 11.6 Å². The summed E-state index contributed by atoms with van der Waals surface area (Å²) in [6.45, 7) is 4.19. The quantitative estimate of drug-likeness (QED) is 0.638. The van der Waals surface area contributed by atoms with E-state index in [1.807, 2.05) is 23.9 Å². The molecule has 3 rings (SSSR count). The Kier molecular flexibility index (Phi) is 5.60. The number of benzene rings is 1. The van der Waals surface area contributed by atoms with Gasteiger partial charge in [-0.25, -0.2) is 0 Å². The fourth-order valence-corrected chi connectivity index (χ4v) is 4.49. The van der Waals surface area contributed by atoms with Crippen molar-refractivity contribution in [2.45, 2.75) is 13.5 Å². The van der Waals surface area contributed by atoms with Gasteiger partial charge in [0.2, 0.25) is 0 Å². The average molecular weight is 377 g/mol. The zero-order valence-electron chi connectivity index (χ0n) is 13.9. The van der Waals surface area contributed by atoms with Crippen LogP contribution in [0.15, 0.2) is 30.3 Å². The van der Waals surface area contributed by atoms with Crippen LogP contribution in [0.2, 0.25) is 0 Å². The summed E-state index contributed by atoms with van der Waals surface area (Å²) in [6, 6.07) is 9.53. The second-order valence-electron chi connectivity index (χ2n) is 5.76. The molecule has 1 N–H and O–H groups in total. The molecule has 1 aromatic carbocycles. The molecule has 2 heterocycles. The van der Waals surface area contributed by atoms with Gasteiger partial charge in [-0.2, -0.15) is 11.8 Å². The minimum Gasteiger partial charge on any atom is -0.370 e. The fraction of sp³-hybridized carbons (Fsp3) is 0.353. The van der Waals surface area contributed by atoms with Crippen LogP contribution in [0.5, 0.6) is 0 Å². The van der Waals surface area contributed by atoms with Gasteiger partial charge in [0.15, 0.2) is 0 Å². The Bertz CT molecular complexity index is 768. The lowest BCUT2D eigenvalue weighted by molar-refractivity contribution is -0.385. The Balaban J connectivity index is 1.58. The highest BCUT2D eigenvalue weighted by Gasteiger charge is 2.19. The molecule has 1 amide bonds. The summed E-state index contributed by atoms with van der Waals surface area (Å²) in [7, 11) is 0. The molecule has 0 spiro atoms. The maximum Gasteiger partial charge on any atom is 0.283 e. The molecule has 0 radical (unpaired) electrons. The number of aryl methyl sites for hydroxylation is 1. The predicted molar refractivity (Wildman–Crippen MR) is 103 cm³/mol. The molecule has 0 bridgehead atoms. The molecular weight excluding hydrogens is 358 g/mol. The topological polar surface area (TPSA) is 75.5 Å². The van der Waals surface area contributed by atoms with E-state index in [1.165, 1.54) is 11.8 Å². The van der Waals surface area contributed by atoms with Crippen molar-refractivity contribution < 1.29 is 9.72 Å². The van der Waals surface area contributed by atoms with Crippen molar-refractivity contribution in [3.05, 3.63) is 55.8 Å². The van der Waals surface area contributed by atoms with E-state index in [4.69, 9.17) is 0 Å². The average Bonchev–Trinajstić information content (AvgIpc) is 3.03. The molecule has 1 aliphatic heterocycles. The summed E-state index contributed by atoms with van der Waals surface area (Å²) in [6.07, 6.45) is 0. The molecule has 0 aliphatic carbocycles. The monoisotopic (exact) mass is 377 g/mol. The highest BCUT2D eigenvalue weighted by Crippen LogP contribution is 2.28. The second-order valence-corrected chi connectivity index (χ2v) is 8.24. The summed E-state index contributed by atoms with van der Waals surface area (Å²) in [5, 5.41) is 13.7. The summed E-state index contributed by atoms with van der Waals surface area (Å²) in [4.78, 5) is 25.9. The summed E-state index contributed by atoms with van der Waals surface area (Å²) < 4.78 is 0. The highest BCUT2D eigenvalue weighted by atomic mass is 32.2. The van der Waals surface area contributed by atoms with Crippen LogP contribution in [0.25, 0.3) is 0 Å². The van der Waals surface area contributed by atoms with Crippen LogP contribution in [-0.4, -0.2) is 35.4 Å². The first-order chi connectivity index (χ1) is 12.0. The van der Waals surface area contributed by atoms with Crippen LogP contribution in [0.4, 0.5) is 11.4 Å². The van der Waals surface area contributed by atoms with Crippen LogP contribution in [-0.2, 0) is 6.54 Å². The van der Waals surface area contributed by atoms with Gasteiger partial charge < -0.3 is 10.2 Å². The second kappa shape index (κ2) is 7.88. The number of carbonyl (C=O) groups excluding carboxylic acids is 1. The molecule has 1 saturated heterocycles. The van der Waals surface area contributed by atoms with Crippen molar-refractivity contribution in [2.75, 3.05) is 29.5 Å². The Hall–Kier alpha value is -2.06. The summed E-state index contributed by atoms with van der Waals surface area (Å²) in [5.41, 5.74) is 2.21. The Morgan fingerprint density at radius 2 is 1.96 bits per heavy atom. The van der Waals surface area contributed by atoms with Gasteiger partial charge in [0.05, 0.1) is 14.7 Å². The van der Waals surface area contributed by atoms with E-state index < -0.39 is 4.92 Å². The number of amides is 1. The van der Waals surface area contributed by atoms with Gasteiger partial charge in [-0.15, -0.1) is 11.3 Å². The maximum absolute atomic E-state index is 12.2. The maximum atomic E-state index is 12.2. The van der Waals surface area contributed by atoms with Crippen molar-refractivity contribution in [3.63, 3.8) is 0 Å². The van der Waals surface area contributed by atoms with Crippen LogP contribution in [0.1, 0.15) is 20.1 Å². The van der Waals surface area contributed by atoms with E-state index in [1.54, 1.807) is 6.92 Å². The van der Waals surface area contributed by atoms with Crippen molar-refractivity contribution in [1.82, 2.24) is 5.32 Å². The number of nitrogens with one attached hydrogen (secondary N) is 1. The van der Waals surface area contributed by atoms with Gasteiger partial charge in [0, 0.05) is 42.9 Å². The predicted octanol–water partition coefficient (Wildman–Crippen LogP) is 3.45. The summed E-state index contributed by atoms with van der Waals surface area (Å²) in [5.74, 6) is 2.03. The molecule has 1 fully saturated rings. The van der Waals surface area contributed by atoms with Gasteiger partial charge in [-0.3, -0.25) is 14.9 Å². The molecule has 1 aromatic heterocycles. The van der Waals surface area contributed by atoms with Crippen LogP contribution < -0.4 is 10.2 Å². The molecule has 0 atom stereocenters.